The van der Waals surface area contributed by atoms with Crippen LogP contribution in [0.5, 0.6) is 5.75 Å². The van der Waals surface area contributed by atoms with Crippen LogP contribution in [-0.4, -0.2) is 44.4 Å². The van der Waals surface area contributed by atoms with Crippen LogP contribution >= 0.6 is 0 Å². The molecule has 7 nitrogen and oxygen atoms in total. The van der Waals surface area contributed by atoms with Gasteiger partial charge in [0.05, 0.1) is 6.61 Å². The maximum Gasteiger partial charge on any atom is 0.407 e. The maximum absolute atomic E-state index is 11.6. The van der Waals surface area contributed by atoms with Gasteiger partial charge < -0.3 is 25.4 Å². The summed E-state index contributed by atoms with van der Waals surface area (Å²) in [6.45, 7) is 12.1. The highest BCUT2D eigenvalue weighted by Gasteiger charge is 2.15. The van der Waals surface area contributed by atoms with Gasteiger partial charge in [-0.15, -0.1) is 0 Å². The predicted octanol–water partition coefficient (Wildman–Crippen LogP) is 2.97. The number of nitrogens with one attached hydrogen (secondary N) is 3. The number of ether oxygens (including phenoxy) is 2. The predicted molar refractivity (Wildman–Crippen MR) is 109 cm³/mol. The third-order valence-electron chi connectivity index (χ3n) is 3.54. The molecule has 0 heterocycles. The molecule has 1 aromatic rings. The molecule has 3 N–H and O–H groups in total. The van der Waals surface area contributed by atoms with Gasteiger partial charge in [-0.25, -0.2) is 4.79 Å². The van der Waals surface area contributed by atoms with Crippen molar-refractivity contribution < 1.29 is 14.3 Å². The second kappa shape index (κ2) is 11.3. The molecule has 0 saturated carbocycles. The normalized spacial score (nSPS) is 11.7. The van der Waals surface area contributed by atoms with Gasteiger partial charge in [0.2, 0.25) is 0 Å². The van der Waals surface area contributed by atoms with Gasteiger partial charge in [-0.3, -0.25) is 4.99 Å². The molecule has 0 spiro atoms. The molecule has 0 aliphatic rings. The summed E-state index contributed by atoms with van der Waals surface area (Å²) in [5.74, 6) is 1.64. The molecule has 0 aromatic heterocycles. The summed E-state index contributed by atoms with van der Waals surface area (Å²) in [5, 5.41) is 9.25. The summed E-state index contributed by atoms with van der Waals surface area (Å²) in [6, 6.07) is 6.15. The van der Waals surface area contributed by atoms with Crippen molar-refractivity contribution in [3.8, 4) is 5.75 Å². The van der Waals surface area contributed by atoms with Crippen LogP contribution in [0.2, 0.25) is 0 Å². The largest absolute Gasteiger partial charge is 0.494 e. The molecule has 0 fully saturated rings. The van der Waals surface area contributed by atoms with E-state index in [1.807, 2.05) is 46.8 Å². The number of hydrogen-bond donors (Lipinski definition) is 3. The number of aryl methyl sites for hydroxylation is 1. The number of carbonyl (C=O) groups is 1. The van der Waals surface area contributed by atoms with E-state index < -0.39 is 11.7 Å². The number of rotatable bonds is 8. The Morgan fingerprint density at radius 2 is 1.85 bits per heavy atom. The molecular weight excluding hydrogens is 344 g/mol. The first kappa shape index (κ1) is 22.6. The Kier molecular flexibility index (Phi) is 9.47. The van der Waals surface area contributed by atoms with E-state index in [0.717, 1.165) is 29.3 Å². The van der Waals surface area contributed by atoms with E-state index in [9.17, 15) is 4.79 Å². The Hall–Kier alpha value is -2.44. The number of aliphatic imine (C=N–C) groups is 1. The van der Waals surface area contributed by atoms with Crippen LogP contribution in [0.25, 0.3) is 0 Å². The highest BCUT2D eigenvalue weighted by atomic mass is 16.6. The molecule has 7 heteroatoms. The van der Waals surface area contributed by atoms with Crippen LogP contribution < -0.4 is 20.7 Å². The zero-order valence-corrected chi connectivity index (χ0v) is 17.4. The summed E-state index contributed by atoms with van der Waals surface area (Å²) in [5.41, 5.74) is 1.80. The molecule has 1 aromatic carbocycles. The fourth-order valence-electron chi connectivity index (χ4n) is 2.35. The van der Waals surface area contributed by atoms with Gasteiger partial charge in [-0.2, -0.15) is 0 Å². The van der Waals surface area contributed by atoms with Crippen LogP contribution in [0.4, 0.5) is 4.79 Å². The number of guanidine groups is 1. The van der Waals surface area contributed by atoms with Crippen molar-refractivity contribution >= 4 is 12.1 Å². The van der Waals surface area contributed by atoms with Gasteiger partial charge in [0, 0.05) is 26.7 Å². The van der Waals surface area contributed by atoms with Crippen molar-refractivity contribution in [2.24, 2.45) is 4.99 Å². The van der Waals surface area contributed by atoms with Gasteiger partial charge in [-0.05, 0) is 58.2 Å². The Morgan fingerprint density at radius 3 is 2.44 bits per heavy atom. The Balaban J connectivity index is 2.29. The number of hydrogen-bond acceptors (Lipinski definition) is 4. The van der Waals surface area contributed by atoms with E-state index in [-0.39, 0.29) is 0 Å². The van der Waals surface area contributed by atoms with Gasteiger partial charge in [-0.1, -0.05) is 12.1 Å². The van der Waals surface area contributed by atoms with Gasteiger partial charge >= 0.3 is 6.09 Å². The molecule has 0 bridgehead atoms. The lowest BCUT2D eigenvalue weighted by Crippen LogP contribution is -2.39. The van der Waals surface area contributed by atoms with Crippen molar-refractivity contribution in [3.05, 3.63) is 29.3 Å². The standard InChI is InChI=1S/C20H34N4O3/c1-7-26-17-10-9-16(13-15(17)2)14-24-18(21-6)22-11-8-12-23-19(25)27-20(3,4)5/h9-10,13H,7-8,11-12,14H2,1-6H3,(H,23,25)(H2,21,22,24). The van der Waals surface area contributed by atoms with Crippen molar-refractivity contribution in [3.63, 3.8) is 0 Å². The quantitative estimate of drug-likeness (QED) is 0.368. The fraction of sp³-hybridized carbons (Fsp3) is 0.600. The van der Waals surface area contributed by atoms with Crippen molar-refractivity contribution in [2.45, 2.75) is 53.2 Å². The van der Waals surface area contributed by atoms with E-state index >= 15 is 0 Å². The monoisotopic (exact) mass is 378 g/mol. The molecule has 0 atom stereocenters. The average molecular weight is 379 g/mol. The first-order chi connectivity index (χ1) is 12.7. The topological polar surface area (TPSA) is 84.0 Å². The molecule has 0 unspecified atom stereocenters. The zero-order chi connectivity index (χ0) is 20.3. The molecule has 0 aliphatic carbocycles. The Morgan fingerprint density at radius 1 is 1.15 bits per heavy atom. The second-order valence-electron chi connectivity index (χ2n) is 7.17. The summed E-state index contributed by atoms with van der Waals surface area (Å²) in [6.07, 6.45) is 0.373. The number of nitrogens with zero attached hydrogens (tertiary/aromatic N) is 1. The van der Waals surface area contributed by atoms with Crippen LogP contribution in [0.15, 0.2) is 23.2 Å². The summed E-state index contributed by atoms with van der Waals surface area (Å²) in [4.78, 5) is 15.8. The minimum Gasteiger partial charge on any atom is -0.494 e. The molecule has 152 valence electrons. The summed E-state index contributed by atoms with van der Waals surface area (Å²) < 4.78 is 10.8. The second-order valence-corrected chi connectivity index (χ2v) is 7.17. The van der Waals surface area contributed by atoms with E-state index in [0.29, 0.717) is 26.2 Å². The first-order valence-corrected chi connectivity index (χ1v) is 9.39. The lowest BCUT2D eigenvalue weighted by molar-refractivity contribution is 0.0527. The minimum atomic E-state index is -0.479. The number of benzene rings is 1. The smallest absolute Gasteiger partial charge is 0.407 e. The fourth-order valence-corrected chi connectivity index (χ4v) is 2.35. The molecule has 0 radical (unpaired) electrons. The van der Waals surface area contributed by atoms with Gasteiger partial charge in [0.1, 0.15) is 11.4 Å². The SMILES string of the molecule is CCOc1ccc(CNC(=NC)NCCCNC(=O)OC(C)(C)C)cc1C. The molecule has 0 aliphatic heterocycles. The summed E-state index contributed by atoms with van der Waals surface area (Å²) in [7, 11) is 1.73. The molecular formula is C20H34N4O3. The van der Waals surface area contributed by atoms with Gasteiger partial charge in [0.15, 0.2) is 5.96 Å². The first-order valence-electron chi connectivity index (χ1n) is 9.39. The van der Waals surface area contributed by atoms with Gasteiger partial charge in [0.25, 0.3) is 0 Å². The molecule has 27 heavy (non-hydrogen) atoms. The van der Waals surface area contributed by atoms with Crippen LogP contribution in [-0.2, 0) is 11.3 Å². The summed E-state index contributed by atoms with van der Waals surface area (Å²) >= 11 is 0. The molecule has 1 amide bonds. The van der Waals surface area contributed by atoms with Crippen LogP contribution in [0, 0.1) is 6.92 Å². The maximum atomic E-state index is 11.6. The minimum absolute atomic E-state index is 0.393. The van der Waals surface area contributed by atoms with Crippen LogP contribution in [0.1, 0.15) is 45.2 Å². The van der Waals surface area contributed by atoms with E-state index in [1.54, 1.807) is 7.05 Å². The van der Waals surface area contributed by atoms with Crippen molar-refractivity contribution in [1.29, 1.82) is 0 Å². The highest BCUT2D eigenvalue weighted by Crippen LogP contribution is 2.18. The number of carbonyl (C=O) groups excluding carboxylic acids is 1. The van der Waals surface area contributed by atoms with E-state index in [2.05, 4.69) is 27.0 Å². The Labute approximate surface area is 162 Å². The number of alkyl carbamates (subject to hydrolysis) is 1. The number of amides is 1. The third-order valence-corrected chi connectivity index (χ3v) is 3.54. The molecule has 0 saturated heterocycles. The average Bonchev–Trinajstić information content (AvgIpc) is 2.58. The van der Waals surface area contributed by atoms with Crippen molar-refractivity contribution in [2.75, 3.05) is 26.7 Å². The highest BCUT2D eigenvalue weighted by molar-refractivity contribution is 5.79. The zero-order valence-electron chi connectivity index (χ0n) is 17.4. The van der Waals surface area contributed by atoms with E-state index in [4.69, 9.17) is 9.47 Å². The lowest BCUT2D eigenvalue weighted by Gasteiger charge is -2.19. The van der Waals surface area contributed by atoms with Crippen molar-refractivity contribution in [1.82, 2.24) is 16.0 Å². The van der Waals surface area contributed by atoms with Crippen LogP contribution in [0.3, 0.4) is 0 Å². The Bertz CT molecular complexity index is 624. The third kappa shape index (κ3) is 9.72. The lowest BCUT2D eigenvalue weighted by atomic mass is 10.1. The molecule has 1 rings (SSSR count). The van der Waals surface area contributed by atoms with E-state index in [1.165, 1.54) is 0 Å².